The first-order valence-corrected chi connectivity index (χ1v) is 6.24. The summed E-state index contributed by atoms with van der Waals surface area (Å²) < 4.78 is 0. The molecule has 0 radical (unpaired) electrons. The highest BCUT2D eigenvalue weighted by atomic mass is 35.5. The van der Waals surface area contributed by atoms with E-state index in [1.165, 1.54) is 6.07 Å². The van der Waals surface area contributed by atoms with Crippen LogP contribution in [-0.4, -0.2) is 10.8 Å². The Bertz CT molecular complexity index is 675. The Morgan fingerprint density at radius 2 is 1.80 bits per heavy atom. The molecule has 2 rings (SSSR count). The van der Waals surface area contributed by atoms with Crippen molar-refractivity contribution < 1.29 is 9.72 Å². The summed E-state index contributed by atoms with van der Waals surface area (Å²) in [5, 5.41) is 13.5. The molecule has 0 aromatic heterocycles. The Morgan fingerprint density at radius 1 is 1.15 bits per heavy atom. The number of halogens is 2. The zero-order valence-corrected chi connectivity index (χ0v) is 11.5. The van der Waals surface area contributed by atoms with Crippen molar-refractivity contribution in [2.75, 3.05) is 5.32 Å². The number of nitrogens with zero attached hydrogens (tertiary/aromatic N) is 1. The van der Waals surface area contributed by atoms with Gasteiger partial charge in [-0.15, -0.1) is 0 Å². The molecule has 0 spiro atoms. The molecule has 0 atom stereocenters. The Balaban J connectivity index is 2.39. The van der Waals surface area contributed by atoms with Gasteiger partial charge in [-0.1, -0.05) is 41.4 Å². The van der Waals surface area contributed by atoms with Crippen LogP contribution in [0.5, 0.6) is 0 Å². The molecule has 0 saturated carbocycles. The minimum Gasteiger partial charge on any atom is -0.315 e. The summed E-state index contributed by atoms with van der Waals surface area (Å²) in [6, 6.07) is 10.8. The van der Waals surface area contributed by atoms with Gasteiger partial charge in [0.25, 0.3) is 11.6 Å². The molecule has 0 fully saturated rings. The lowest BCUT2D eigenvalue weighted by atomic mass is 10.2. The lowest BCUT2D eigenvalue weighted by Gasteiger charge is -2.08. The summed E-state index contributed by atoms with van der Waals surface area (Å²) >= 11 is 11.6. The van der Waals surface area contributed by atoms with Crippen LogP contribution < -0.4 is 5.32 Å². The average Bonchev–Trinajstić information content (AvgIpc) is 2.42. The van der Waals surface area contributed by atoms with Gasteiger partial charge in [0.1, 0.15) is 5.69 Å². The first-order valence-electron chi connectivity index (χ1n) is 5.49. The Hall–Kier alpha value is -2.11. The summed E-state index contributed by atoms with van der Waals surface area (Å²) in [6.45, 7) is 0. The van der Waals surface area contributed by atoms with Crippen LogP contribution in [0, 0.1) is 10.1 Å². The third kappa shape index (κ3) is 3.07. The van der Waals surface area contributed by atoms with Crippen LogP contribution in [0.15, 0.2) is 42.5 Å². The summed E-state index contributed by atoms with van der Waals surface area (Å²) in [5.74, 6) is -0.488. The van der Waals surface area contributed by atoms with Gasteiger partial charge in [0, 0.05) is 16.7 Å². The molecule has 0 unspecified atom stereocenters. The van der Waals surface area contributed by atoms with Gasteiger partial charge in [-0.2, -0.15) is 0 Å². The molecule has 102 valence electrons. The Kier molecular flexibility index (Phi) is 4.22. The number of nitro benzene ring substituents is 1. The van der Waals surface area contributed by atoms with Crippen LogP contribution in [0.4, 0.5) is 11.4 Å². The van der Waals surface area contributed by atoms with Crippen LogP contribution in [0.1, 0.15) is 10.4 Å². The molecule has 2 aromatic carbocycles. The van der Waals surface area contributed by atoms with Gasteiger partial charge in [-0.05, 0) is 18.2 Å². The van der Waals surface area contributed by atoms with Crippen molar-refractivity contribution in [2.45, 2.75) is 0 Å². The second-order valence-corrected chi connectivity index (χ2v) is 4.70. The number of amides is 1. The highest BCUT2D eigenvalue weighted by molar-refractivity contribution is 6.37. The van der Waals surface area contributed by atoms with E-state index in [0.29, 0.717) is 5.56 Å². The van der Waals surface area contributed by atoms with Crippen molar-refractivity contribution in [3.8, 4) is 0 Å². The molecule has 1 N–H and O–H groups in total. The topological polar surface area (TPSA) is 72.2 Å². The van der Waals surface area contributed by atoms with Crippen molar-refractivity contribution in [2.24, 2.45) is 0 Å². The van der Waals surface area contributed by atoms with Crippen molar-refractivity contribution >= 4 is 40.5 Å². The third-order valence-corrected chi connectivity index (χ3v) is 3.02. The second kappa shape index (κ2) is 5.90. The number of anilines is 1. The number of hydrogen-bond donors (Lipinski definition) is 1. The molecule has 0 aliphatic rings. The van der Waals surface area contributed by atoms with Crippen LogP contribution in [0.3, 0.4) is 0 Å². The van der Waals surface area contributed by atoms with E-state index in [4.69, 9.17) is 23.2 Å². The van der Waals surface area contributed by atoms with Gasteiger partial charge < -0.3 is 5.32 Å². The molecule has 2 aromatic rings. The zero-order valence-electron chi connectivity index (χ0n) is 9.97. The highest BCUT2D eigenvalue weighted by Crippen LogP contribution is 2.35. The zero-order chi connectivity index (χ0) is 14.7. The quantitative estimate of drug-likeness (QED) is 0.683. The van der Waals surface area contributed by atoms with Crippen LogP contribution >= 0.6 is 23.2 Å². The number of nitro groups is 1. The number of rotatable bonds is 3. The van der Waals surface area contributed by atoms with E-state index in [-0.39, 0.29) is 21.4 Å². The maximum absolute atomic E-state index is 12.0. The van der Waals surface area contributed by atoms with E-state index >= 15 is 0 Å². The molecular weight excluding hydrogens is 303 g/mol. The fourth-order valence-electron chi connectivity index (χ4n) is 1.60. The van der Waals surface area contributed by atoms with Crippen molar-refractivity contribution in [3.63, 3.8) is 0 Å². The van der Waals surface area contributed by atoms with Gasteiger partial charge in [0.15, 0.2) is 0 Å². The summed E-state index contributed by atoms with van der Waals surface area (Å²) in [4.78, 5) is 22.3. The highest BCUT2D eigenvalue weighted by Gasteiger charge is 2.21. The van der Waals surface area contributed by atoms with Crippen molar-refractivity contribution in [1.82, 2.24) is 0 Å². The first-order chi connectivity index (χ1) is 9.49. The smallest absolute Gasteiger partial charge is 0.295 e. The van der Waals surface area contributed by atoms with Gasteiger partial charge in [-0.25, -0.2) is 0 Å². The van der Waals surface area contributed by atoms with E-state index in [1.54, 1.807) is 30.3 Å². The molecular formula is C13H8Cl2N2O3. The van der Waals surface area contributed by atoms with E-state index in [9.17, 15) is 14.9 Å². The number of nitrogens with one attached hydrogen (secondary N) is 1. The second-order valence-electron chi connectivity index (χ2n) is 3.86. The van der Waals surface area contributed by atoms with Gasteiger partial charge in [-0.3, -0.25) is 14.9 Å². The molecule has 0 aliphatic carbocycles. The molecule has 0 heterocycles. The first kappa shape index (κ1) is 14.3. The Labute approximate surface area is 124 Å². The predicted octanol–water partition coefficient (Wildman–Crippen LogP) is 4.15. The SMILES string of the molecule is O=C(Nc1c(Cl)cc(Cl)cc1[N+](=O)[O-])c1ccccc1. The predicted molar refractivity (Wildman–Crippen MR) is 77.5 cm³/mol. The average molecular weight is 311 g/mol. The molecule has 1 amide bonds. The van der Waals surface area contributed by atoms with Gasteiger partial charge >= 0.3 is 0 Å². The number of carbonyl (C=O) groups is 1. The molecule has 7 heteroatoms. The lowest BCUT2D eigenvalue weighted by Crippen LogP contribution is -2.13. The Morgan fingerprint density at radius 3 is 2.40 bits per heavy atom. The van der Waals surface area contributed by atoms with E-state index in [0.717, 1.165) is 6.07 Å². The van der Waals surface area contributed by atoms with E-state index < -0.39 is 10.8 Å². The minimum atomic E-state index is -0.654. The maximum Gasteiger partial charge on any atom is 0.295 e. The summed E-state index contributed by atoms with van der Waals surface area (Å²) in [7, 11) is 0. The van der Waals surface area contributed by atoms with Crippen molar-refractivity contribution in [3.05, 3.63) is 68.2 Å². The normalized spacial score (nSPS) is 10.1. The molecule has 5 nitrogen and oxygen atoms in total. The monoisotopic (exact) mass is 310 g/mol. The van der Waals surface area contributed by atoms with Gasteiger partial charge in [0.05, 0.1) is 9.95 Å². The third-order valence-electron chi connectivity index (χ3n) is 2.51. The van der Waals surface area contributed by atoms with E-state index in [1.807, 2.05) is 0 Å². The maximum atomic E-state index is 12.0. The number of benzene rings is 2. The number of carbonyl (C=O) groups excluding carboxylic acids is 1. The van der Waals surface area contributed by atoms with Crippen LogP contribution in [0.2, 0.25) is 10.0 Å². The fraction of sp³-hybridized carbons (Fsp3) is 0. The van der Waals surface area contributed by atoms with Crippen LogP contribution in [0.25, 0.3) is 0 Å². The van der Waals surface area contributed by atoms with Gasteiger partial charge in [0.2, 0.25) is 0 Å². The number of hydrogen-bond acceptors (Lipinski definition) is 3. The lowest BCUT2D eigenvalue weighted by molar-refractivity contribution is -0.383. The molecule has 20 heavy (non-hydrogen) atoms. The van der Waals surface area contributed by atoms with Crippen molar-refractivity contribution in [1.29, 1.82) is 0 Å². The minimum absolute atomic E-state index is 0.00785. The van der Waals surface area contributed by atoms with E-state index in [2.05, 4.69) is 5.32 Å². The molecule has 0 saturated heterocycles. The standard InChI is InChI=1S/C13H8Cl2N2O3/c14-9-6-10(15)12(11(7-9)17(19)20)16-13(18)8-4-2-1-3-5-8/h1-7H,(H,16,18). The molecule has 0 aliphatic heterocycles. The summed E-state index contributed by atoms with van der Waals surface area (Å²) in [5.41, 5.74) is -0.0606. The molecule has 0 bridgehead atoms. The largest absolute Gasteiger partial charge is 0.315 e. The fourth-order valence-corrected chi connectivity index (χ4v) is 2.13. The van der Waals surface area contributed by atoms with Crippen LogP contribution in [-0.2, 0) is 0 Å². The summed E-state index contributed by atoms with van der Waals surface area (Å²) in [6.07, 6.45) is 0.